The van der Waals surface area contributed by atoms with Crippen molar-refractivity contribution < 1.29 is 9.47 Å². The van der Waals surface area contributed by atoms with Crippen molar-refractivity contribution in [3.8, 4) is 11.5 Å². The van der Waals surface area contributed by atoms with E-state index in [1.807, 2.05) is 18.2 Å². The molecule has 0 aromatic heterocycles. The molecule has 0 N–H and O–H groups in total. The van der Waals surface area contributed by atoms with E-state index in [1.165, 1.54) is 11.1 Å². The van der Waals surface area contributed by atoms with Crippen molar-refractivity contribution in [1.29, 1.82) is 0 Å². The van der Waals surface area contributed by atoms with Crippen LogP contribution in [0.25, 0.3) is 0 Å². The highest BCUT2D eigenvalue weighted by Gasteiger charge is 2.21. The molecule has 0 radical (unpaired) electrons. The Labute approximate surface area is 107 Å². The van der Waals surface area contributed by atoms with E-state index in [9.17, 15) is 0 Å². The lowest BCUT2D eigenvalue weighted by Crippen LogP contribution is -2.15. The van der Waals surface area contributed by atoms with Gasteiger partial charge in [0.2, 0.25) is 0 Å². The molecule has 3 rings (SSSR count). The second-order valence-corrected chi connectivity index (χ2v) is 4.53. The van der Waals surface area contributed by atoms with Crippen molar-refractivity contribution in [1.82, 2.24) is 0 Å². The van der Waals surface area contributed by atoms with Gasteiger partial charge in [0, 0.05) is 6.07 Å². The molecular weight excluding hydrogens is 224 g/mol. The lowest BCUT2D eigenvalue weighted by atomic mass is 9.97. The topological polar surface area (TPSA) is 18.5 Å². The first-order chi connectivity index (χ1) is 8.86. The Morgan fingerprint density at radius 1 is 1.11 bits per heavy atom. The van der Waals surface area contributed by atoms with Crippen LogP contribution in [0.5, 0.6) is 11.5 Å². The Bertz CT molecular complexity index is 534. The van der Waals surface area contributed by atoms with Gasteiger partial charge in [0.15, 0.2) is 0 Å². The molecule has 92 valence electrons. The SMILES string of the molecule is COc1ccc2c(c1)OC(c1ccccc1)CC2. The Balaban J connectivity index is 1.88. The molecule has 0 spiro atoms. The van der Waals surface area contributed by atoms with Gasteiger partial charge in [-0.1, -0.05) is 36.4 Å². The zero-order chi connectivity index (χ0) is 12.4. The zero-order valence-corrected chi connectivity index (χ0v) is 10.4. The number of fused-ring (bicyclic) bond motifs is 1. The van der Waals surface area contributed by atoms with Crippen LogP contribution in [0.1, 0.15) is 23.7 Å². The molecule has 2 nitrogen and oxygen atoms in total. The predicted octanol–water partition coefficient (Wildman–Crippen LogP) is 3.76. The van der Waals surface area contributed by atoms with Crippen molar-refractivity contribution >= 4 is 0 Å². The molecule has 2 aromatic carbocycles. The van der Waals surface area contributed by atoms with E-state index in [1.54, 1.807) is 7.11 Å². The summed E-state index contributed by atoms with van der Waals surface area (Å²) < 4.78 is 11.3. The van der Waals surface area contributed by atoms with E-state index in [4.69, 9.17) is 9.47 Å². The summed E-state index contributed by atoms with van der Waals surface area (Å²) in [6.45, 7) is 0. The highest BCUT2D eigenvalue weighted by atomic mass is 16.5. The number of hydrogen-bond acceptors (Lipinski definition) is 2. The van der Waals surface area contributed by atoms with Gasteiger partial charge in [-0.15, -0.1) is 0 Å². The van der Waals surface area contributed by atoms with Gasteiger partial charge < -0.3 is 9.47 Å². The van der Waals surface area contributed by atoms with E-state index >= 15 is 0 Å². The molecule has 1 heterocycles. The molecule has 0 fully saturated rings. The number of rotatable bonds is 2. The Morgan fingerprint density at radius 3 is 2.72 bits per heavy atom. The second kappa shape index (κ2) is 4.73. The zero-order valence-electron chi connectivity index (χ0n) is 10.4. The summed E-state index contributed by atoms with van der Waals surface area (Å²) in [6.07, 6.45) is 2.24. The van der Waals surface area contributed by atoms with Crippen LogP contribution in [-0.4, -0.2) is 7.11 Å². The molecule has 2 heteroatoms. The first-order valence-electron chi connectivity index (χ1n) is 6.25. The van der Waals surface area contributed by atoms with Gasteiger partial charge in [-0.3, -0.25) is 0 Å². The monoisotopic (exact) mass is 240 g/mol. The maximum atomic E-state index is 6.08. The molecule has 1 unspecified atom stereocenters. The molecule has 1 atom stereocenters. The smallest absolute Gasteiger partial charge is 0.127 e. The standard InChI is InChI=1S/C16H16O2/c1-17-14-9-7-13-8-10-15(18-16(13)11-14)12-5-3-2-4-6-12/h2-7,9,11,15H,8,10H2,1H3. The molecule has 1 aliphatic heterocycles. The maximum absolute atomic E-state index is 6.08. The van der Waals surface area contributed by atoms with Gasteiger partial charge in [0.25, 0.3) is 0 Å². The van der Waals surface area contributed by atoms with E-state index in [0.29, 0.717) is 0 Å². The van der Waals surface area contributed by atoms with Gasteiger partial charge in [-0.05, 0) is 30.0 Å². The molecule has 0 amide bonds. The highest BCUT2D eigenvalue weighted by Crippen LogP contribution is 2.36. The fraction of sp³-hybridized carbons (Fsp3) is 0.250. The molecule has 0 saturated carbocycles. The normalized spacial score (nSPS) is 17.7. The lowest BCUT2D eigenvalue weighted by Gasteiger charge is -2.26. The van der Waals surface area contributed by atoms with Crippen LogP contribution >= 0.6 is 0 Å². The van der Waals surface area contributed by atoms with Gasteiger partial charge in [0.05, 0.1) is 7.11 Å². The molecule has 0 saturated heterocycles. The molecule has 18 heavy (non-hydrogen) atoms. The van der Waals surface area contributed by atoms with Crippen molar-refractivity contribution in [2.45, 2.75) is 18.9 Å². The van der Waals surface area contributed by atoms with Gasteiger partial charge >= 0.3 is 0 Å². The summed E-state index contributed by atoms with van der Waals surface area (Å²) in [5, 5.41) is 0. The van der Waals surface area contributed by atoms with Crippen LogP contribution < -0.4 is 9.47 Å². The summed E-state index contributed by atoms with van der Waals surface area (Å²) >= 11 is 0. The molecule has 0 aliphatic carbocycles. The minimum Gasteiger partial charge on any atom is -0.497 e. The lowest BCUT2D eigenvalue weighted by molar-refractivity contribution is 0.176. The third kappa shape index (κ3) is 2.06. The van der Waals surface area contributed by atoms with Crippen molar-refractivity contribution in [2.75, 3.05) is 7.11 Å². The summed E-state index contributed by atoms with van der Waals surface area (Å²) in [5.41, 5.74) is 2.51. The van der Waals surface area contributed by atoms with Crippen LogP contribution in [-0.2, 0) is 6.42 Å². The number of methoxy groups -OCH3 is 1. The fourth-order valence-corrected chi connectivity index (χ4v) is 2.38. The van der Waals surface area contributed by atoms with Gasteiger partial charge in [-0.25, -0.2) is 0 Å². The Morgan fingerprint density at radius 2 is 1.94 bits per heavy atom. The van der Waals surface area contributed by atoms with Crippen LogP contribution in [0, 0.1) is 0 Å². The Hall–Kier alpha value is -1.96. The largest absolute Gasteiger partial charge is 0.497 e. The minimum absolute atomic E-state index is 0.158. The number of ether oxygens (including phenoxy) is 2. The minimum atomic E-state index is 0.158. The third-order valence-electron chi connectivity index (χ3n) is 3.39. The average molecular weight is 240 g/mol. The molecule has 2 aromatic rings. The van der Waals surface area contributed by atoms with Crippen LogP contribution in [0.3, 0.4) is 0 Å². The molecule has 0 bridgehead atoms. The first-order valence-corrected chi connectivity index (χ1v) is 6.25. The summed E-state index contributed by atoms with van der Waals surface area (Å²) in [4.78, 5) is 0. The van der Waals surface area contributed by atoms with E-state index in [-0.39, 0.29) is 6.10 Å². The number of aryl methyl sites for hydroxylation is 1. The van der Waals surface area contributed by atoms with Crippen molar-refractivity contribution in [3.63, 3.8) is 0 Å². The summed E-state index contributed by atoms with van der Waals surface area (Å²) in [7, 11) is 1.68. The molecule has 1 aliphatic rings. The van der Waals surface area contributed by atoms with E-state index in [0.717, 1.165) is 24.3 Å². The van der Waals surface area contributed by atoms with Crippen molar-refractivity contribution in [2.24, 2.45) is 0 Å². The van der Waals surface area contributed by atoms with Crippen molar-refractivity contribution in [3.05, 3.63) is 59.7 Å². The highest BCUT2D eigenvalue weighted by molar-refractivity contribution is 5.42. The second-order valence-electron chi connectivity index (χ2n) is 4.53. The third-order valence-corrected chi connectivity index (χ3v) is 3.39. The predicted molar refractivity (Wildman–Crippen MR) is 71.1 cm³/mol. The first kappa shape index (κ1) is 11.1. The summed E-state index contributed by atoms with van der Waals surface area (Å²) in [6, 6.07) is 16.4. The number of benzene rings is 2. The maximum Gasteiger partial charge on any atom is 0.127 e. The number of hydrogen-bond donors (Lipinski definition) is 0. The van der Waals surface area contributed by atoms with Crippen LogP contribution in [0.2, 0.25) is 0 Å². The van der Waals surface area contributed by atoms with E-state index in [2.05, 4.69) is 30.3 Å². The van der Waals surface area contributed by atoms with Gasteiger partial charge in [0.1, 0.15) is 17.6 Å². The average Bonchev–Trinajstić information content (AvgIpc) is 2.47. The van der Waals surface area contributed by atoms with Gasteiger partial charge in [-0.2, -0.15) is 0 Å². The molecular formula is C16H16O2. The Kier molecular flexibility index (Phi) is 2.93. The van der Waals surface area contributed by atoms with Crippen LogP contribution in [0.4, 0.5) is 0 Å². The summed E-state index contributed by atoms with van der Waals surface area (Å²) in [5.74, 6) is 1.80. The fourth-order valence-electron chi connectivity index (χ4n) is 2.38. The van der Waals surface area contributed by atoms with Crippen LogP contribution in [0.15, 0.2) is 48.5 Å². The quantitative estimate of drug-likeness (QED) is 0.795. The van der Waals surface area contributed by atoms with E-state index < -0.39 is 0 Å².